The van der Waals surface area contributed by atoms with E-state index in [-0.39, 0.29) is 0 Å². The topological polar surface area (TPSA) is 84.2 Å². The molecule has 0 fully saturated rings. The Bertz CT molecular complexity index is 289. The highest BCUT2D eigenvalue weighted by Gasteiger charge is 2.54. The summed E-state index contributed by atoms with van der Waals surface area (Å²) in [6, 6.07) is -1.08. The second kappa shape index (κ2) is 4.69. The summed E-state index contributed by atoms with van der Waals surface area (Å²) in [6.07, 6.45) is -4.88. The highest BCUT2D eigenvalue weighted by molar-refractivity contribution is 5.91. The van der Waals surface area contributed by atoms with Gasteiger partial charge in [-0.05, 0) is 13.8 Å². The Labute approximate surface area is 90.6 Å². The smallest absolute Gasteiger partial charge is 0.357 e. The molecule has 0 saturated carbocycles. The summed E-state index contributed by atoms with van der Waals surface area (Å²) < 4.78 is 37.0. The van der Waals surface area contributed by atoms with Crippen molar-refractivity contribution in [2.45, 2.75) is 31.6 Å². The molecule has 2 atom stereocenters. The standard InChI is InChI=1S/C8H14F3N3O2/c1-4(5(15)13-3)14-6(16)7(2,12)8(9,10)11/h4H,12H2,1-3H3,(H,13,15)(H,14,16). The first kappa shape index (κ1) is 14.7. The van der Waals surface area contributed by atoms with Crippen LogP contribution in [0.3, 0.4) is 0 Å². The van der Waals surface area contributed by atoms with Crippen molar-refractivity contribution in [3.8, 4) is 0 Å². The molecule has 0 radical (unpaired) electrons. The van der Waals surface area contributed by atoms with Gasteiger partial charge in [0.2, 0.25) is 11.8 Å². The molecule has 0 bridgehead atoms. The van der Waals surface area contributed by atoms with Gasteiger partial charge in [0.1, 0.15) is 6.04 Å². The number of hydrogen-bond acceptors (Lipinski definition) is 3. The minimum absolute atomic E-state index is 0.541. The summed E-state index contributed by atoms with van der Waals surface area (Å²) >= 11 is 0. The van der Waals surface area contributed by atoms with Gasteiger partial charge in [-0.2, -0.15) is 13.2 Å². The molecule has 0 aromatic heterocycles. The van der Waals surface area contributed by atoms with Gasteiger partial charge in [-0.25, -0.2) is 0 Å². The van der Waals surface area contributed by atoms with Crippen LogP contribution in [0.25, 0.3) is 0 Å². The van der Waals surface area contributed by atoms with Crippen LogP contribution < -0.4 is 16.4 Å². The molecular weight excluding hydrogens is 227 g/mol. The van der Waals surface area contributed by atoms with Crippen LogP contribution in [0, 0.1) is 0 Å². The van der Waals surface area contributed by atoms with E-state index in [0.29, 0.717) is 6.92 Å². The van der Waals surface area contributed by atoms with Crippen LogP contribution in [0.4, 0.5) is 13.2 Å². The number of hydrogen-bond donors (Lipinski definition) is 3. The molecule has 5 nitrogen and oxygen atoms in total. The number of halogens is 3. The number of nitrogens with one attached hydrogen (secondary N) is 2. The van der Waals surface area contributed by atoms with E-state index in [1.54, 1.807) is 0 Å². The third-order valence-electron chi connectivity index (χ3n) is 2.05. The Morgan fingerprint density at radius 2 is 1.75 bits per heavy atom. The maximum atomic E-state index is 12.3. The fourth-order valence-corrected chi connectivity index (χ4v) is 0.757. The molecule has 0 saturated heterocycles. The molecule has 2 amide bonds. The number of amides is 2. The minimum atomic E-state index is -4.88. The average molecular weight is 241 g/mol. The van der Waals surface area contributed by atoms with Crippen LogP contribution in [0.1, 0.15) is 13.8 Å². The van der Waals surface area contributed by atoms with E-state index in [2.05, 4.69) is 5.32 Å². The summed E-state index contributed by atoms with van der Waals surface area (Å²) in [5.41, 5.74) is 1.84. The number of carbonyl (C=O) groups is 2. The van der Waals surface area contributed by atoms with Crippen molar-refractivity contribution < 1.29 is 22.8 Å². The average Bonchev–Trinajstić information content (AvgIpc) is 2.14. The zero-order valence-corrected chi connectivity index (χ0v) is 9.11. The lowest BCUT2D eigenvalue weighted by atomic mass is 10.0. The number of rotatable bonds is 3. The van der Waals surface area contributed by atoms with Crippen molar-refractivity contribution >= 4 is 11.8 Å². The van der Waals surface area contributed by atoms with E-state index in [0.717, 1.165) is 0 Å². The molecule has 94 valence electrons. The first-order valence-corrected chi connectivity index (χ1v) is 4.42. The molecule has 0 aromatic rings. The van der Waals surface area contributed by atoms with E-state index >= 15 is 0 Å². The van der Waals surface area contributed by atoms with E-state index in [9.17, 15) is 22.8 Å². The third kappa shape index (κ3) is 3.09. The zero-order valence-electron chi connectivity index (χ0n) is 9.11. The van der Waals surface area contributed by atoms with Gasteiger partial charge < -0.3 is 16.4 Å². The van der Waals surface area contributed by atoms with Gasteiger partial charge in [0.05, 0.1) is 0 Å². The lowest BCUT2D eigenvalue weighted by Crippen LogP contribution is -2.63. The van der Waals surface area contributed by atoms with Gasteiger partial charge in [0, 0.05) is 7.05 Å². The molecule has 16 heavy (non-hydrogen) atoms. The quantitative estimate of drug-likeness (QED) is 0.623. The Morgan fingerprint density at radius 3 is 2.06 bits per heavy atom. The van der Waals surface area contributed by atoms with Crippen molar-refractivity contribution in [2.24, 2.45) is 5.73 Å². The van der Waals surface area contributed by atoms with E-state index in [1.807, 2.05) is 5.32 Å². The molecule has 0 heterocycles. The van der Waals surface area contributed by atoms with Gasteiger partial charge in [-0.3, -0.25) is 9.59 Å². The molecule has 0 rings (SSSR count). The molecule has 0 aliphatic carbocycles. The lowest BCUT2D eigenvalue weighted by molar-refractivity contribution is -0.188. The van der Waals surface area contributed by atoms with Gasteiger partial charge >= 0.3 is 6.18 Å². The van der Waals surface area contributed by atoms with Gasteiger partial charge in [0.25, 0.3) is 0 Å². The van der Waals surface area contributed by atoms with Crippen LogP contribution in [-0.4, -0.2) is 36.6 Å². The largest absolute Gasteiger partial charge is 0.415 e. The molecule has 0 spiro atoms. The highest BCUT2D eigenvalue weighted by atomic mass is 19.4. The molecule has 4 N–H and O–H groups in total. The van der Waals surface area contributed by atoms with Crippen LogP contribution in [0.15, 0.2) is 0 Å². The first-order valence-electron chi connectivity index (χ1n) is 4.42. The number of likely N-dealkylation sites (N-methyl/N-ethyl adjacent to an activating group) is 1. The maximum absolute atomic E-state index is 12.3. The van der Waals surface area contributed by atoms with Gasteiger partial charge in [0.15, 0.2) is 5.54 Å². The molecule has 8 heteroatoms. The van der Waals surface area contributed by atoms with Gasteiger partial charge in [-0.15, -0.1) is 0 Å². The third-order valence-corrected chi connectivity index (χ3v) is 2.05. The van der Waals surface area contributed by atoms with Crippen LogP contribution >= 0.6 is 0 Å². The summed E-state index contributed by atoms with van der Waals surface area (Å²) in [7, 11) is 1.30. The minimum Gasteiger partial charge on any atom is -0.357 e. The Kier molecular flexibility index (Phi) is 4.30. The van der Waals surface area contributed by atoms with Crippen molar-refractivity contribution in [1.29, 1.82) is 0 Å². The van der Waals surface area contributed by atoms with Crippen molar-refractivity contribution in [3.05, 3.63) is 0 Å². The molecular formula is C8H14F3N3O2. The SMILES string of the molecule is CNC(=O)C(C)NC(=O)C(C)(N)C(F)(F)F. The van der Waals surface area contributed by atoms with Crippen molar-refractivity contribution in [2.75, 3.05) is 7.05 Å². The van der Waals surface area contributed by atoms with Gasteiger partial charge in [-0.1, -0.05) is 0 Å². The lowest BCUT2D eigenvalue weighted by Gasteiger charge is -2.27. The van der Waals surface area contributed by atoms with E-state index < -0.39 is 29.6 Å². The molecule has 0 aliphatic rings. The van der Waals surface area contributed by atoms with Crippen LogP contribution in [0.5, 0.6) is 0 Å². The zero-order chi connectivity index (χ0) is 13.1. The van der Waals surface area contributed by atoms with E-state index in [4.69, 9.17) is 5.73 Å². The summed E-state index contributed by atoms with van der Waals surface area (Å²) in [5.74, 6) is -2.05. The van der Waals surface area contributed by atoms with Crippen molar-refractivity contribution in [3.63, 3.8) is 0 Å². The summed E-state index contributed by atoms with van der Waals surface area (Å²) in [5, 5.41) is 4.07. The second-order valence-electron chi connectivity index (χ2n) is 3.51. The summed E-state index contributed by atoms with van der Waals surface area (Å²) in [4.78, 5) is 22.2. The predicted molar refractivity (Wildman–Crippen MR) is 50.3 cm³/mol. The summed E-state index contributed by atoms with van der Waals surface area (Å²) in [6.45, 7) is 1.79. The fourth-order valence-electron chi connectivity index (χ4n) is 0.757. The maximum Gasteiger partial charge on any atom is 0.415 e. The molecule has 2 unspecified atom stereocenters. The van der Waals surface area contributed by atoms with E-state index in [1.165, 1.54) is 14.0 Å². The Morgan fingerprint density at radius 1 is 1.31 bits per heavy atom. The first-order chi connectivity index (χ1) is 7.04. The molecule has 0 aromatic carbocycles. The number of nitrogens with two attached hydrogens (primary N) is 1. The highest BCUT2D eigenvalue weighted by Crippen LogP contribution is 2.27. The van der Waals surface area contributed by atoms with Crippen molar-refractivity contribution in [1.82, 2.24) is 10.6 Å². The number of alkyl halides is 3. The normalized spacial score (nSPS) is 17.2. The molecule has 0 aliphatic heterocycles. The Balaban J connectivity index is 4.66. The second-order valence-corrected chi connectivity index (χ2v) is 3.51. The van der Waals surface area contributed by atoms with Crippen LogP contribution in [0.2, 0.25) is 0 Å². The Hall–Kier alpha value is -1.31. The fraction of sp³-hybridized carbons (Fsp3) is 0.750. The monoisotopic (exact) mass is 241 g/mol. The van der Waals surface area contributed by atoms with Crippen LogP contribution in [-0.2, 0) is 9.59 Å². The number of carbonyl (C=O) groups excluding carboxylic acids is 2. The predicted octanol–water partition coefficient (Wildman–Crippen LogP) is -0.483.